The van der Waals surface area contributed by atoms with Crippen molar-refractivity contribution < 1.29 is 19.0 Å². The standard InChI is InChI=1S/C28H35NO4/c1-4-18-32-27(28(30)33-19-5-2)21-23-12-14-25(15-13-23)31-20-17-29-22(3)11-16-26(29)24-9-7-6-8-10-24/h6-16,27H,4-5,17-21H2,1-3H3. The molecule has 0 amide bonds. The Morgan fingerprint density at radius 2 is 1.61 bits per heavy atom. The molecule has 0 fully saturated rings. The maximum Gasteiger partial charge on any atom is 0.335 e. The van der Waals surface area contributed by atoms with E-state index in [9.17, 15) is 4.79 Å². The Labute approximate surface area is 197 Å². The average Bonchev–Trinajstić information content (AvgIpc) is 3.22. The molecule has 0 aliphatic heterocycles. The lowest BCUT2D eigenvalue weighted by molar-refractivity contribution is -0.157. The molecule has 3 aromatic rings. The predicted molar refractivity (Wildman–Crippen MR) is 132 cm³/mol. The van der Waals surface area contributed by atoms with Gasteiger partial charge in [0.2, 0.25) is 0 Å². The Morgan fingerprint density at radius 1 is 0.879 bits per heavy atom. The number of carbonyl (C=O) groups is 1. The molecule has 0 N–H and O–H groups in total. The van der Waals surface area contributed by atoms with Crippen LogP contribution in [-0.4, -0.2) is 36.5 Å². The highest BCUT2D eigenvalue weighted by Crippen LogP contribution is 2.22. The van der Waals surface area contributed by atoms with Crippen LogP contribution in [0.25, 0.3) is 11.3 Å². The molecule has 1 aromatic heterocycles. The first-order valence-corrected chi connectivity index (χ1v) is 11.8. The summed E-state index contributed by atoms with van der Waals surface area (Å²) >= 11 is 0. The highest BCUT2D eigenvalue weighted by molar-refractivity contribution is 5.75. The number of nitrogens with zero attached hydrogens (tertiary/aromatic N) is 1. The van der Waals surface area contributed by atoms with Gasteiger partial charge in [0, 0.05) is 24.4 Å². The van der Waals surface area contributed by atoms with Crippen LogP contribution in [0.15, 0.2) is 66.7 Å². The van der Waals surface area contributed by atoms with Crippen LogP contribution in [0.4, 0.5) is 0 Å². The zero-order valence-corrected chi connectivity index (χ0v) is 20.0. The molecule has 1 heterocycles. The maximum absolute atomic E-state index is 12.3. The van der Waals surface area contributed by atoms with Gasteiger partial charge in [-0.2, -0.15) is 0 Å². The number of aryl methyl sites for hydroxylation is 1. The first-order valence-electron chi connectivity index (χ1n) is 11.8. The SMILES string of the molecule is CCCOC(=O)C(Cc1ccc(OCCn2c(C)ccc2-c2ccccc2)cc1)OCCC. The second-order valence-corrected chi connectivity index (χ2v) is 8.10. The zero-order valence-electron chi connectivity index (χ0n) is 20.0. The Kier molecular flexibility index (Phi) is 9.58. The normalized spacial score (nSPS) is 11.8. The second kappa shape index (κ2) is 12.9. The van der Waals surface area contributed by atoms with Crippen LogP contribution in [0.5, 0.6) is 5.75 Å². The van der Waals surface area contributed by atoms with Gasteiger partial charge in [-0.25, -0.2) is 4.79 Å². The summed E-state index contributed by atoms with van der Waals surface area (Å²) < 4.78 is 19.3. The van der Waals surface area contributed by atoms with E-state index in [1.165, 1.54) is 17.0 Å². The molecule has 2 aromatic carbocycles. The third-order valence-corrected chi connectivity index (χ3v) is 5.43. The molecule has 0 radical (unpaired) electrons. The minimum Gasteiger partial charge on any atom is -0.492 e. The van der Waals surface area contributed by atoms with Crippen molar-refractivity contribution in [3.63, 3.8) is 0 Å². The van der Waals surface area contributed by atoms with Crippen molar-refractivity contribution in [2.75, 3.05) is 19.8 Å². The van der Waals surface area contributed by atoms with Crippen LogP contribution in [0.2, 0.25) is 0 Å². The molecule has 0 spiro atoms. The highest BCUT2D eigenvalue weighted by Gasteiger charge is 2.21. The third kappa shape index (κ3) is 7.22. The molecule has 1 atom stereocenters. The van der Waals surface area contributed by atoms with Gasteiger partial charge in [-0.05, 0) is 55.2 Å². The molecule has 0 saturated carbocycles. The maximum atomic E-state index is 12.3. The molecule has 176 valence electrons. The predicted octanol–water partition coefficient (Wildman–Crippen LogP) is 5.83. The number of hydrogen-bond donors (Lipinski definition) is 0. The smallest absolute Gasteiger partial charge is 0.335 e. The van der Waals surface area contributed by atoms with Crippen molar-refractivity contribution in [2.24, 2.45) is 0 Å². The first kappa shape index (κ1) is 24.6. The van der Waals surface area contributed by atoms with Crippen LogP contribution in [0.1, 0.15) is 37.9 Å². The summed E-state index contributed by atoms with van der Waals surface area (Å²) in [6.45, 7) is 8.42. The Morgan fingerprint density at radius 3 is 2.30 bits per heavy atom. The van der Waals surface area contributed by atoms with Crippen LogP contribution in [0, 0.1) is 6.92 Å². The van der Waals surface area contributed by atoms with Crippen molar-refractivity contribution in [1.82, 2.24) is 4.57 Å². The van der Waals surface area contributed by atoms with Crippen molar-refractivity contribution in [2.45, 2.75) is 52.7 Å². The average molecular weight is 450 g/mol. The van der Waals surface area contributed by atoms with Gasteiger partial charge < -0.3 is 18.8 Å². The summed E-state index contributed by atoms with van der Waals surface area (Å²) in [6.07, 6.45) is 1.58. The second-order valence-electron chi connectivity index (χ2n) is 8.10. The molecular formula is C28H35NO4. The molecule has 1 unspecified atom stereocenters. The minimum atomic E-state index is -0.573. The number of ether oxygens (including phenoxy) is 3. The number of rotatable bonds is 13. The summed E-state index contributed by atoms with van der Waals surface area (Å²) in [4.78, 5) is 12.3. The zero-order chi connectivity index (χ0) is 23.5. The van der Waals surface area contributed by atoms with E-state index in [-0.39, 0.29) is 5.97 Å². The Balaban J connectivity index is 1.56. The van der Waals surface area contributed by atoms with E-state index in [0.717, 1.165) is 30.7 Å². The quantitative estimate of drug-likeness (QED) is 0.308. The molecule has 0 aliphatic carbocycles. The van der Waals surface area contributed by atoms with Gasteiger partial charge in [0.1, 0.15) is 12.4 Å². The highest BCUT2D eigenvalue weighted by atomic mass is 16.6. The van der Waals surface area contributed by atoms with Crippen LogP contribution >= 0.6 is 0 Å². The lowest BCUT2D eigenvalue weighted by Crippen LogP contribution is -2.29. The van der Waals surface area contributed by atoms with E-state index < -0.39 is 6.10 Å². The van der Waals surface area contributed by atoms with Gasteiger partial charge in [-0.1, -0.05) is 56.3 Å². The molecule has 0 saturated heterocycles. The van der Waals surface area contributed by atoms with E-state index in [2.05, 4.69) is 47.9 Å². The fourth-order valence-electron chi connectivity index (χ4n) is 3.68. The topological polar surface area (TPSA) is 49.7 Å². The summed E-state index contributed by atoms with van der Waals surface area (Å²) in [5.41, 5.74) is 4.62. The molecule has 3 rings (SSSR count). The number of aromatic nitrogens is 1. The summed E-state index contributed by atoms with van der Waals surface area (Å²) in [5.74, 6) is 0.520. The van der Waals surface area contributed by atoms with Crippen LogP contribution < -0.4 is 4.74 Å². The van der Waals surface area contributed by atoms with Crippen LogP contribution in [-0.2, 0) is 27.2 Å². The molecular weight excluding hydrogens is 414 g/mol. The van der Waals surface area contributed by atoms with Crippen molar-refractivity contribution >= 4 is 5.97 Å². The van der Waals surface area contributed by atoms with E-state index in [1.807, 2.05) is 44.2 Å². The van der Waals surface area contributed by atoms with E-state index >= 15 is 0 Å². The van der Waals surface area contributed by atoms with Gasteiger partial charge in [0.05, 0.1) is 13.2 Å². The fourth-order valence-corrected chi connectivity index (χ4v) is 3.68. The van der Waals surface area contributed by atoms with E-state index in [0.29, 0.717) is 26.2 Å². The molecule has 5 nitrogen and oxygen atoms in total. The fraction of sp³-hybridized carbons (Fsp3) is 0.393. The Hall–Kier alpha value is -3.05. The monoisotopic (exact) mass is 449 g/mol. The van der Waals surface area contributed by atoms with Crippen molar-refractivity contribution in [3.05, 3.63) is 78.0 Å². The lowest BCUT2D eigenvalue weighted by Gasteiger charge is -2.17. The lowest BCUT2D eigenvalue weighted by atomic mass is 10.1. The first-order chi connectivity index (χ1) is 16.1. The van der Waals surface area contributed by atoms with Gasteiger partial charge in [-0.15, -0.1) is 0 Å². The molecule has 0 aliphatic rings. The van der Waals surface area contributed by atoms with E-state index in [4.69, 9.17) is 14.2 Å². The Bertz CT molecular complexity index is 979. The summed E-state index contributed by atoms with van der Waals surface area (Å²) in [6, 6.07) is 22.6. The van der Waals surface area contributed by atoms with E-state index in [1.54, 1.807) is 0 Å². The number of hydrogen-bond acceptors (Lipinski definition) is 4. The summed E-state index contributed by atoms with van der Waals surface area (Å²) in [7, 11) is 0. The van der Waals surface area contributed by atoms with Crippen molar-refractivity contribution in [1.29, 1.82) is 0 Å². The number of carbonyl (C=O) groups excluding carboxylic acids is 1. The number of esters is 1. The van der Waals surface area contributed by atoms with Gasteiger partial charge in [-0.3, -0.25) is 0 Å². The van der Waals surface area contributed by atoms with Gasteiger partial charge >= 0.3 is 5.97 Å². The van der Waals surface area contributed by atoms with Crippen LogP contribution in [0.3, 0.4) is 0 Å². The largest absolute Gasteiger partial charge is 0.492 e. The minimum absolute atomic E-state index is 0.290. The molecule has 0 bridgehead atoms. The van der Waals surface area contributed by atoms with Gasteiger partial charge in [0.25, 0.3) is 0 Å². The molecule has 5 heteroatoms. The van der Waals surface area contributed by atoms with Crippen molar-refractivity contribution in [3.8, 4) is 17.0 Å². The summed E-state index contributed by atoms with van der Waals surface area (Å²) in [5, 5.41) is 0. The molecule has 33 heavy (non-hydrogen) atoms. The third-order valence-electron chi connectivity index (χ3n) is 5.43. The van der Waals surface area contributed by atoms with Gasteiger partial charge in [0.15, 0.2) is 6.10 Å². The number of benzene rings is 2.